The molecule has 0 unspecified atom stereocenters. The Balaban J connectivity index is 1.52. The number of amides is 2. The summed E-state index contributed by atoms with van der Waals surface area (Å²) in [7, 11) is 1.59. The quantitative estimate of drug-likeness (QED) is 0.0908. The molecule has 5 aromatic rings. The normalized spacial score (nSPS) is 11.0. The SMILES string of the molecule is CCCCCOc1ccc(C(NC(=O)C(c2ccccc2)c2ccccc2)NC(=O)C(c2ccccc2)c2ccccc2)cc1OC. The van der Waals surface area contributed by atoms with Crippen molar-refractivity contribution >= 4 is 11.8 Å². The zero-order valence-corrected chi connectivity index (χ0v) is 27.0. The van der Waals surface area contributed by atoms with Gasteiger partial charge >= 0.3 is 0 Å². The molecule has 2 N–H and O–H groups in total. The Morgan fingerprint density at radius 2 is 0.979 bits per heavy atom. The summed E-state index contributed by atoms with van der Waals surface area (Å²) >= 11 is 0. The molecule has 0 saturated heterocycles. The lowest BCUT2D eigenvalue weighted by atomic mass is 9.89. The highest BCUT2D eigenvalue weighted by Gasteiger charge is 2.30. The van der Waals surface area contributed by atoms with Crippen molar-refractivity contribution in [1.82, 2.24) is 10.6 Å². The summed E-state index contributed by atoms with van der Waals surface area (Å²) in [5.41, 5.74) is 4.05. The summed E-state index contributed by atoms with van der Waals surface area (Å²) in [5, 5.41) is 6.37. The zero-order chi connectivity index (χ0) is 32.8. The minimum atomic E-state index is -0.872. The summed E-state index contributed by atoms with van der Waals surface area (Å²) in [6.45, 7) is 2.73. The molecule has 0 fully saturated rings. The second kappa shape index (κ2) is 16.8. The Labute approximate surface area is 277 Å². The Morgan fingerprint density at radius 1 is 0.553 bits per heavy atom. The molecule has 0 aromatic heterocycles. The first-order valence-electron chi connectivity index (χ1n) is 16.2. The van der Waals surface area contributed by atoms with Gasteiger partial charge in [0.15, 0.2) is 11.5 Å². The summed E-state index contributed by atoms with van der Waals surface area (Å²) in [5.74, 6) is -0.553. The molecule has 0 atom stereocenters. The summed E-state index contributed by atoms with van der Waals surface area (Å²) in [4.78, 5) is 28.7. The standard InChI is InChI=1S/C41H42N2O4/c1-3-4-17-28-47-35-27-26-34(29-36(35)46-2)39(42-40(44)37(30-18-9-5-10-19-30)31-20-11-6-12-21-31)43-41(45)38(32-22-13-7-14-23-32)33-24-15-8-16-25-33/h5-16,18-27,29,37-39H,3-4,17,28H2,1-2H3,(H,42,44)(H,43,45). The molecule has 0 heterocycles. The molecule has 47 heavy (non-hydrogen) atoms. The lowest BCUT2D eigenvalue weighted by molar-refractivity contribution is -0.125. The summed E-state index contributed by atoms with van der Waals surface area (Å²) < 4.78 is 11.8. The number of ether oxygens (including phenoxy) is 2. The predicted octanol–water partition coefficient (Wildman–Crippen LogP) is 8.16. The van der Waals surface area contributed by atoms with Gasteiger partial charge in [0.25, 0.3) is 0 Å². The van der Waals surface area contributed by atoms with Gasteiger partial charge in [-0.25, -0.2) is 0 Å². The zero-order valence-electron chi connectivity index (χ0n) is 27.0. The van der Waals surface area contributed by atoms with Gasteiger partial charge in [0.1, 0.15) is 6.17 Å². The van der Waals surface area contributed by atoms with E-state index in [4.69, 9.17) is 9.47 Å². The van der Waals surface area contributed by atoms with Gasteiger partial charge in [0.2, 0.25) is 11.8 Å². The van der Waals surface area contributed by atoms with E-state index in [0.29, 0.717) is 23.7 Å². The second-order valence-electron chi connectivity index (χ2n) is 11.4. The molecule has 5 rings (SSSR count). The molecular formula is C41H42N2O4. The maximum Gasteiger partial charge on any atom is 0.233 e. The van der Waals surface area contributed by atoms with Crippen molar-refractivity contribution in [3.05, 3.63) is 167 Å². The minimum absolute atomic E-state index is 0.248. The second-order valence-corrected chi connectivity index (χ2v) is 11.4. The van der Waals surface area contributed by atoms with Crippen molar-refractivity contribution < 1.29 is 19.1 Å². The van der Waals surface area contributed by atoms with Gasteiger partial charge in [-0.1, -0.05) is 147 Å². The highest BCUT2D eigenvalue weighted by molar-refractivity contribution is 5.90. The summed E-state index contributed by atoms with van der Waals surface area (Å²) in [6.07, 6.45) is 2.24. The lowest BCUT2D eigenvalue weighted by Gasteiger charge is -2.27. The average molecular weight is 627 g/mol. The van der Waals surface area contributed by atoms with Crippen LogP contribution >= 0.6 is 0 Å². The molecule has 6 nitrogen and oxygen atoms in total. The number of benzene rings is 5. The van der Waals surface area contributed by atoms with Crippen molar-refractivity contribution in [2.24, 2.45) is 0 Å². The summed E-state index contributed by atoms with van der Waals surface area (Å²) in [6, 6.07) is 44.2. The van der Waals surface area contributed by atoms with E-state index < -0.39 is 18.0 Å². The van der Waals surface area contributed by atoms with Gasteiger partial charge in [-0.15, -0.1) is 0 Å². The number of hydrogen-bond donors (Lipinski definition) is 2. The van der Waals surface area contributed by atoms with Crippen molar-refractivity contribution in [3.8, 4) is 11.5 Å². The highest BCUT2D eigenvalue weighted by Crippen LogP contribution is 2.32. The van der Waals surface area contributed by atoms with Crippen LogP contribution in [0.4, 0.5) is 0 Å². The van der Waals surface area contributed by atoms with Crippen LogP contribution in [0.1, 0.15) is 72.0 Å². The van der Waals surface area contributed by atoms with Gasteiger partial charge in [-0.3, -0.25) is 9.59 Å². The van der Waals surface area contributed by atoms with Crippen LogP contribution in [0.25, 0.3) is 0 Å². The van der Waals surface area contributed by atoms with Gasteiger partial charge in [-0.2, -0.15) is 0 Å². The minimum Gasteiger partial charge on any atom is -0.493 e. The molecule has 0 aliphatic heterocycles. The van der Waals surface area contributed by atoms with Crippen LogP contribution in [0.2, 0.25) is 0 Å². The van der Waals surface area contributed by atoms with E-state index in [-0.39, 0.29) is 11.8 Å². The Hall–Kier alpha value is -5.36. The lowest BCUT2D eigenvalue weighted by Crippen LogP contribution is -2.44. The first-order valence-corrected chi connectivity index (χ1v) is 16.2. The fourth-order valence-corrected chi connectivity index (χ4v) is 5.74. The third kappa shape index (κ3) is 8.67. The molecule has 0 spiro atoms. The third-order valence-electron chi connectivity index (χ3n) is 8.16. The van der Waals surface area contributed by atoms with Crippen molar-refractivity contribution in [3.63, 3.8) is 0 Å². The van der Waals surface area contributed by atoms with Crippen LogP contribution < -0.4 is 20.1 Å². The van der Waals surface area contributed by atoms with Crippen LogP contribution in [0, 0.1) is 0 Å². The molecule has 6 heteroatoms. The predicted molar refractivity (Wildman–Crippen MR) is 186 cm³/mol. The van der Waals surface area contributed by atoms with E-state index in [2.05, 4.69) is 17.6 Å². The van der Waals surface area contributed by atoms with E-state index in [9.17, 15) is 9.59 Å². The van der Waals surface area contributed by atoms with Crippen LogP contribution in [0.5, 0.6) is 11.5 Å². The Bertz CT molecular complexity index is 1520. The van der Waals surface area contributed by atoms with Crippen molar-refractivity contribution in [2.75, 3.05) is 13.7 Å². The van der Waals surface area contributed by atoms with Crippen molar-refractivity contribution in [2.45, 2.75) is 44.2 Å². The van der Waals surface area contributed by atoms with Crippen LogP contribution in [-0.4, -0.2) is 25.5 Å². The Morgan fingerprint density at radius 3 is 1.36 bits per heavy atom. The smallest absolute Gasteiger partial charge is 0.233 e. The van der Waals surface area contributed by atoms with E-state index in [1.807, 2.05) is 140 Å². The molecule has 0 saturated carbocycles. The number of carbonyl (C=O) groups is 2. The number of carbonyl (C=O) groups excluding carboxylic acids is 2. The molecule has 2 amide bonds. The van der Waals surface area contributed by atoms with E-state index in [0.717, 1.165) is 41.5 Å². The molecule has 5 aromatic carbocycles. The van der Waals surface area contributed by atoms with Crippen molar-refractivity contribution in [1.29, 1.82) is 0 Å². The topological polar surface area (TPSA) is 76.7 Å². The van der Waals surface area contributed by atoms with Crippen LogP contribution in [0.3, 0.4) is 0 Å². The fraction of sp³-hybridized carbons (Fsp3) is 0.220. The molecule has 240 valence electrons. The van der Waals surface area contributed by atoms with Crippen LogP contribution in [0.15, 0.2) is 140 Å². The molecule has 0 radical (unpaired) electrons. The van der Waals surface area contributed by atoms with Gasteiger partial charge in [-0.05, 0) is 46.4 Å². The number of hydrogen-bond acceptors (Lipinski definition) is 4. The fourth-order valence-electron chi connectivity index (χ4n) is 5.74. The number of unbranched alkanes of at least 4 members (excludes halogenated alkanes) is 2. The Kier molecular flexibility index (Phi) is 11.8. The average Bonchev–Trinajstić information content (AvgIpc) is 3.12. The van der Waals surface area contributed by atoms with Gasteiger partial charge in [0, 0.05) is 0 Å². The van der Waals surface area contributed by atoms with Gasteiger partial charge in [0.05, 0.1) is 25.6 Å². The first kappa shape index (κ1) is 33.0. The maximum atomic E-state index is 14.3. The molecule has 0 bridgehead atoms. The van der Waals surface area contributed by atoms with E-state index in [1.165, 1.54) is 0 Å². The van der Waals surface area contributed by atoms with Gasteiger partial charge < -0.3 is 20.1 Å². The first-order chi connectivity index (χ1) is 23.1. The number of methoxy groups -OCH3 is 1. The third-order valence-corrected chi connectivity index (χ3v) is 8.16. The molecule has 0 aliphatic rings. The largest absolute Gasteiger partial charge is 0.493 e. The molecular weight excluding hydrogens is 584 g/mol. The van der Waals surface area contributed by atoms with E-state index in [1.54, 1.807) is 7.11 Å². The number of rotatable bonds is 15. The van der Waals surface area contributed by atoms with E-state index >= 15 is 0 Å². The van der Waals surface area contributed by atoms with Crippen LogP contribution in [-0.2, 0) is 9.59 Å². The number of nitrogens with one attached hydrogen (secondary N) is 2. The highest BCUT2D eigenvalue weighted by atomic mass is 16.5. The molecule has 0 aliphatic carbocycles. The monoisotopic (exact) mass is 626 g/mol. The maximum absolute atomic E-state index is 14.3.